The number of H-pyrrole nitrogens is 1. The van der Waals surface area contributed by atoms with Gasteiger partial charge in [-0.15, -0.1) is 5.10 Å². The lowest BCUT2D eigenvalue weighted by Crippen LogP contribution is -2.53. The van der Waals surface area contributed by atoms with Crippen molar-refractivity contribution in [1.29, 1.82) is 5.26 Å². The molecule has 0 bridgehead atoms. The van der Waals surface area contributed by atoms with Gasteiger partial charge < -0.3 is 5.32 Å². The molecule has 3 aromatic rings. The van der Waals surface area contributed by atoms with Crippen LogP contribution in [0.3, 0.4) is 0 Å². The Balaban J connectivity index is 1.50. The standard InChI is InChI=1S/C24H19F2N5O3/c1-12-5-15(31-22(34)29-20(32)19(9-27)30-31)6-13(2)16(12)7-14-3-4-18-17(8-14)23(21(33)28-18)10-24(25,26)11-23/h3-6,8H,7,10-11H2,1-2H3,(H,28,33)(H,29,32,34). The maximum absolute atomic E-state index is 13.7. The van der Waals surface area contributed by atoms with E-state index >= 15 is 0 Å². The zero-order chi connectivity index (χ0) is 24.4. The van der Waals surface area contributed by atoms with Gasteiger partial charge in [0.25, 0.3) is 11.5 Å². The minimum atomic E-state index is -2.84. The Bertz CT molecular complexity index is 1520. The number of amides is 1. The Labute approximate surface area is 191 Å². The number of carbonyl (C=O) groups excluding carboxylic acids is 1. The minimum absolute atomic E-state index is 0.377. The SMILES string of the molecule is Cc1cc(-n2nc(C#N)c(=O)[nH]c2=O)cc(C)c1Cc1ccc2c(c1)C1(CC(F)(F)C1)C(=O)N2. The lowest BCUT2D eigenvalue weighted by atomic mass is 9.62. The van der Waals surface area contributed by atoms with Gasteiger partial charge in [-0.2, -0.15) is 9.94 Å². The summed E-state index contributed by atoms with van der Waals surface area (Å²) in [5.41, 5.74) is 1.91. The third-order valence-electron chi connectivity index (χ3n) is 6.64. The number of nitrogens with one attached hydrogen (secondary N) is 2. The number of carbonyl (C=O) groups is 1. The number of alkyl halides is 2. The molecule has 0 saturated heterocycles. The van der Waals surface area contributed by atoms with Gasteiger partial charge in [-0.1, -0.05) is 12.1 Å². The second kappa shape index (κ2) is 7.18. The van der Waals surface area contributed by atoms with Crippen LogP contribution in [-0.2, 0) is 16.6 Å². The third kappa shape index (κ3) is 3.23. The van der Waals surface area contributed by atoms with Crippen molar-refractivity contribution in [3.05, 3.63) is 84.7 Å². The molecule has 2 aromatic carbocycles. The normalized spacial score (nSPS) is 17.1. The molecule has 1 aliphatic heterocycles. The number of benzene rings is 2. The number of halogens is 2. The van der Waals surface area contributed by atoms with Crippen LogP contribution in [0.5, 0.6) is 0 Å². The van der Waals surface area contributed by atoms with Gasteiger partial charge in [0.1, 0.15) is 6.07 Å². The molecular formula is C24H19F2N5O3. The first-order valence-corrected chi connectivity index (χ1v) is 10.6. The number of nitriles is 1. The fourth-order valence-corrected chi connectivity index (χ4v) is 4.98. The monoisotopic (exact) mass is 463 g/mol. The summed E-state index contributed by atoms with van der Waals surface area (Å²) >= 11 is 0. The van der Waals surface area contributed by atoms with Crippen molar-refractivity contribution in [3.63, 3.8) is 0 Å². The zero-order valence-corrected chi connectivity index (χ0v) is 18.3. The van der Waals surface area contributed by atoms with Crippen molar-refractivity contribution in [2.75, 3.05) is 5.32 Å². The maximum Gasteiger partial charge on any atom is 0.349 e. The molecule has 8 nitrogen and oxygen atoms in total. The van der Waals surface area contributed by atoms with Gasteiger partial charge in [-0.25, -0.2) is 13.6 Å². The van der Waals surface area contributed by atoms with Gasteiger partial charge in [0.2, 0.25) is 11.6 Å². The topological polar surface area (TPSA) is 121 Å². The number of nitrogens with zero attached hydrogens (tertiary/aromatic N) is 3. The molecule has 2 heterocycles. The van der Waals surface area contributed by atoms with Gasteiger partial charge in [-0.05, 0) is 66.3 Å². The molecule has 172 valence electrons. The number of hydrogen-bond acceptors (Lipinski definition) is 5. The molecule has 0 atom stereocenters. The van der Waals surface area contributed by atoms with Crippen LogP contribution in [-0.4, -0.2) is 26.6 Å². The molecular weight excluding hydrogens is 444 g/mol. The molecule has 1 spiro atoms. The summed E-state index contributed by atoms with van der Waals surface area (Å²) in [6.07, 6.45) is -0.482. The highest BCUT2D eigenvalue weighted by atomic mass is 19.3. The fraction of sp³-hybridized carbons (Fsp3) is 0.292. The van der Waals surface area contributed by atoms with Crippen LogP contribution in [0.4, 0.5) is 14.5 Å². The van der Waals surface area contributed by atoms with Crippen LogP contribution in [0.25, 0.3) is 5.69 Å². The van der Waals surface area contributed by atoms with Crippen molar-refractivity contribution >= 4 is 11.6 Å². The van der Waals surface area contributed by atoms with Crippen molar-refractivity contribution < 1.29 is 13.6 Å². The lowest BCUT2D eigenvalue weighted by Gasteiger charge is -2.43. The van der Waals surface area contributed by atoms with E-state index < -0.39 is 41.1 Å². The molecule has 1 amide bonds. The Morgan fingerprint density at radius 1 is 1.12 bits per heavy atom. The van der Waals surface area contributed by atoms with E-state index in [9.17, 15) is 23.2 Å². The van der Waals surface area contributed by atoms with Crippen molar-refractivity contribution in [2.24, 2.45) is 0 Å². The zero-order valence-electron chi connectivity index (χ0n) is 18.3. The highest BCUT2D eigenvalue weighted by molar-refractivity contribution is 6.07. The average Bonchev–Trinajstić information content (AvgIpc) is 3.01. The van der Waals surface area contributed by atoms with E-state index in [0.717, 1.165) is 26.9 Å². The molecule has 1 saturated carbocycles. The Kier molecular flexibility index (Phi) is 4.59. The molecule has 34 heavy (non-hydrogen) atoms. The predicted octanol–water partition coefficient (Wildman–Crippen LogP) is 2.62. The van der Waals surface area contributed by atoms with Gasteiger partial charge in [0.15, 0.2) is 0 Å². The summed E-state index contributed by atoms with van der Waals surface area (Å²) in [6.45, 7) is 3.72. The van der Waals surface area contributed by atoms with Gasteiger partial charge >= 0.3 is 5.69 Å². The minimum Gasteiger partial charge on any atom is -0.325 e. The number of anilines is 1. The summed E-state index contributed by atoms with van der Waals surface area (Å²) in [5, 5.41) is 15.6. The van der Waals surface area contributed by atoms with Crippen LogP contribution in [0.2, 0.25) is 0 Å². The van der Waals surface area contributed by atoms with Crippen LogP contribution < -0.4 is 16.6 Å². The molecule has 2 N–H and O–H groups in total. The summed E-state index contributed by atoms with van der Waals surface area (Å²) in [5.74, 6) is -3.21. The van der Waals surface area contributed by atoms with E-state index in [0.29, 0.717) is 23.4 Å². The largest absolute Gasteiger partial charge is 0.349 e. The second-order valence-corrected chi connectivity index (χ2v) is 8.99. The molecule has 5 rings (SSSR count). The number of fused-ring (bicyclic) bond motifs is 2. The van der Waals surface area contributed by atoms with E-state index in [1.165, 1.54) is 0 Å². The quantitative estimate of drug-likeness (QED) is 0.619. The molecule has 10 heteroatoms. The predicted molar refractivity (Wildman–Crippen MR) is 118 cm³/mol. The third-order valence-corrected chi connectivity index (χ3v) is 6.64. The lowest BCUT2D eigenvalue weighted by molar-refractivity contribution is -0.152. The highest BCUT2D eigenvalue weighted by Gasteiger charge is 2.64. The number of hydrogen-bond donors (Lipinski definition) is 2. The molecule has 1 aromatic heterocycles. The van der Waals surface area contributed by atoms with Crippen molar-refractivity contribution in [1.82, 2.24) is 14.8 Å². The highest BCUT2D eigenvalue weighted by Crippen LogP contribution is 2.58. The molecule has 2 aliphatic rings. The smallest absolute Gasteiger partial charge is 0.325 e. The van der Waals surface area contributed by atoms with E-state index in [-0.39, 0.29) is 5.91 Å². The molecule has 0 unspecified atom stereocenters. The van der Waals surface area contributed by atoms with E-state index in [2.05, 4.69) is 15.4 Å². The average molecular weight is 463 g/mol. The molecule has 0 radical (unpaired) electrons. The molecule has 1 aliphatic carbocycles. The number of aromatic amines is 1. The summed E-state index contributed by atoms with van der Waals surface area (Å²) in [6, 6.07) is 10.5. The Morgan fingerprint density at radius 3 is 2.41 bits per heavy atom. The summed E-state index contributed by atoms with van der Waals surface area (Å²) in [4.78, 5) is 38.4. The van der Waals surface area contributed by atoms with Crippen LogP contribution in [0, 0.1) is 25.2 Å². The Morgan fingerprint density at radius 2 is 1.79 bits per heavy atom. The van der Waals surface area contributed by atoms with Crippen LogP contribution >= 0.6 is 0 Å². The fourth-order valence-electron chi connectivity index (χ4n) is 4.98. The van der Waals surface area contributed by atoms with Crippen molar-refractivity contribution in [3.8, 4) is 11.8 Å². The van der Waals surface area contributed by atoms with Gasteiger partial charge in [0, 0.05) is 18.5 Å². The number of aryl methyl sites for hydroxylation is 2. The number of aromatic nitrogens is 3. The second-order valence-electron chi connectivity index (χ2n) is 8.99. The van der Waals surface area contributed by atoms with Gasteiger partial charge in [0.05, 0.1) is 11.1 Å². The van der Waals surface area contributed by atoms with Gasteiger partial charge in [-0.3, -0.25) is 14.6 Å². The summed E-state index contributed by atoms with van der Waals surface area (Å²) in [7, 11) is 0. The first-order valence-electron chi connectivity index (χ1n) is 10.6. The number of rotatable bonds is 3. The van der Waals surface area contributed by atoms with Crippen LogP contribution in [0.15, 0.2) is 39.9 Å². The van der Waals surface area contributed by atoms with Crippen LogP contribution in [0.1, 0.15) is 46.4 Å². The van der Waals surface area contributed by atoms with E-state index in [1.54, 1.807) is 24.3 Å². The first-order chi connectivity index (χ1) is 16.0. The van der Waals surface area contributed by atoms with E-state index in [1.807, 2.05) is 26.0 Å². The Hall–Kier alpha value is -4.13. The maximum atomic E-state index is 13.7. The summed E-state index contributed by atoms with van der Waals surface area (Å²) < 4.78 is 28.3. The molecule has 1 fully saturated rings. The van der Waals surface area contributed by atoms with E-state index in [4.69, 9.17) is 5.26 Å². The van der Waals surface area contributed by atoms with Crippen molar-refractivity contribution in [2.45, 2.75) is 44.4 Å². The first kappa shape index (κ1) is 21.7.